The van der Waals surface area contributed by atoms with E-state index in [0.29, 0.717) is 11.4 Å². The number of para-hydroxylation sites is 1. The van der Waals surface area contributed by atoms with Gasteiger partial charge in [0.1, 0.15) is 16.5 Å². The number of ether oxygens (including phenoxy) is 1. The van der Waals surface area contributed by atoms with Gasteiger partial charge in [-0.05, 0) is 55.8 Å². The summed E-state index contributed by atoms with van der Waals surface area (Å²) in [6.45, 7) is 3.95. The Morgan fingerprint density at radius 2 is 1.85 bits per heavy atom. The zero-order valence-electron chi connectivity index (χ0n) is 15.0. The lowest BCUT2D eigenvalue weighted by atomic mass is 10.2. The zero-order valence-corrected chi connectivity index (χ0v) is 15.7. The highest BCUT2D eigenvalue weighted by Gasteiger charge is 2.09. The molecule has 1 aromatic heterocycles. The lowest BCUT2D eigenvalue weighted by molar-refractivity contribution is 0.242. The molecule has 2 aromatic carbocycles. The summed E-state index contributed by atoms with van der Waals surface area (Å²) in [5, 5.41) is 8.28. The van der Waals surface area contributed by atoms with Crippen LogP contribution in [0.5, 0.6) is 5.75 Å². The van der Waals surface area contributed by atoms with E-state index in [1.54, 1.807) is 18.3 Å². The van der Waals surface area contributed by atoms with Crippen molar-refractivity contribution in [1.82, 2.24) is 9.78 Å². The fourth-order valence-corrected chi connectivity index (χ4v) is 2.52. The van der Waals surface area contributed by atoms with Gasteiger partial charge in [0, 0.05) is 0 Å². The van der Waals surface area contributed by atoms with E-state index < -0.39 is 5.56 Å². The molecule has 0 bridgehead atoms. The zero-order chi connectivity index (χ0) is 19.2. The monoisotopic (exact) mass is 382 g/mol. The van der Waals surface area contributed by atoms with Crippen LogP contribution in [0.2, 0.25) is 5.02 Å². The van der Waals surface area contributed by atoms with Gasteiger partial charge < -0.3 is 4.74 Å². The van der Waals surface area contributed by atoms with Crippen LogP contribution in [0.1, 0.15) is 19.4 Å². The second-order valence-electron chi connectivity index (χ2n) is 6.03. The van der Waals surface area contributed by atoms with Crippen molar-refractivity contribution in [2.45, 2.75) is 20.0 Å². The van der Waals surface area contributed by atoms with E-state index in [2.05, 4.69) is 15.6 Å². The quantitative estimate of drug-likeness (QED) is 0.514. The van der Waals surface area contributed by atoms with Gasteiger partial charge in [-0.3, -0.25) is 10.2 Å². The van der Waals surface area contributed by atoms with E-state index in [1.165, 1.54) is 10.9 Å². The van der Waals surface area contributed by atoms with Gasteiger partial charge in [-0.2, -0.15) is 14.9 Å². The number of halogens is 1. The molecule has 0 radical (unpaired) electrons. The lowest BCUT2D eigenvalue weighted by Crippen LogP contribution is -2.22. The van der Waals surface area contributed by atoms with Crippen molar-refractivity contribution in [2.75, 3.05) is 5.43 Å². The van der Waals surface area contributed by atoms with Gasteiger partial charge in [-0.25, -0.2) is 0 Å². The number of nitrogens with one attached hydrogen (secondary N) is 1. The van der Waals surface area contributed by atoms with Crippen molar-refractivity contribution in [3.63, 3.8) is 0 Å². The standard InChI is InChI=1S/C20H19ClN4O2/c1-14(2)27-17-10-8-15(9-11-17)12-22-24-18-13-23-25(20(26)19(18)21)16-6-4-3-5-7-16/h3-14,24H,1-2H3/b22-12-. The van der Waals surface area contributed by atoms with Crippen molar-refractivity contribution in [3.05, 3.63) is 81.7 Å². The number of hydrazone groups is 1. The number of rotatable bonds is 6. The summed E-state index contributed by atoms with van der Waals surface area (Å²) >= 11 is 6.17. The van der Waals surface area contributed by atoms with Crippen molar-refractivity contribution >= 4 is 23.5 Å². The van der Waals surface area contributed by atoms with E-state index in [0.717, 1.165) is 11.3 Å². The predicted molar refractivity (Wildman–Crippen MR) is 108 cm³/mol. The van der Waals surface area contributed by atoms with Crippen LogP contribution in [-0.2, 0) is 0 Å². The third-order valence-electron chi connectivity index (χ3n) is 3.57. The van der Waals surface area contributed by atoms with Gasteiger partial charge in [0.05, 0.1) is 24.2 Å². The highest BCUT2D eigenvalue weighted by atomic mass is 35.5. The minimum absolute atomic E-state index is 0.0201. The Kier molecular flexibility index (Phi) is 5.88. The average molecular weight is 383 g/mol. The molecule has 0 spiro atoms. The summed E-state index contributed by atoms with van der Waals surface area (Å²) in [6.07, 6.45) is 3.21. The smallest absolute Gasteiger partial charge is 0.292 e. The molecule has 1 heterocycles. The molecule has 0 aliphatic rings. The molecule has 0 fully saturated rings. The van der Waals surface area contributed by atoms with Crippen molar-refractivity contribution < 1.29 is 4.74 Å². The molecule has 27 heavy (non-hydrogen) atoms. The molecule has 0 aliphatic carbocycles. The molecule has 3 rings (SSSR count). The Morgan fingerprint density at radius 1 is 1.15 bits per heavy atom. The summed E-state index contributed by atoms with van der Waals surface area (Å²) in [6, 6.07) is 16.6. The number of nitrogens with zero attached hydrogens (tertiary/aromatic N) is 3. The van der Waals surface area contributed by atoms with Gasteiger partial charge in [0.15, 0.2) is 0 Å². The molecular formula is C20H19ClN4O2. The van der Waals surface area contributed by atoms with E-state index in [-0.39, 0.29) is 11.1 Å². The molecule has 7 heteroatoms. The average Bonchev–Trinajstić information content (AvgIpc) is 2.67. The Balaban J connectivity index is 1.72. The van der Waals surface area contributed by atoms with Gasteiger partial charge >= 0.3 is 0 Å². The molecule has 3 aromatic rings. The Bertz CT molecular complexity index is 983. The van der Waals surface area contributed by atoms with Gasteiger partial charge in [-0.15, -0.1) is 0 Å². The van der Waals surface area contributed by atoms with Crippen molar-refractivity contribution in [3.8, 4) is 11.4 Å². The molecule has 138 valence electrons. The van der Waals surface area contributed by atoms with Gasteiger partial charge in [0.25, 0.3) is 5.56 Å². The lowest BCUT2D eigenvalue weighted by Gasteiger charge is -2.09. The summed E-state index contributed by atoms with van der Waals surface area (Å²) in [4.78, 5) is 12.4. The first-order chi connectivity index (χ1) is 13.0. The number of hydrogen-bond acceptors (Lipinski definition) is 5. The Morgan fingerprint density at radius 3 is 2.52 bits per heavy atom. The minimum Gasteiger partial charge on any atom is -0.491 e. The highest BCUT2D eigenvalue weighted by molar-refractivity contribution is 6.32. The first kappa shape index (κ1) is 18.7. The molecule has 0 unspecified atom stereocenters. The van der Waals surface area contributed by atoms with Crippen LogP contribution < -0.4 is 15.7 Å². The number of hydrogen-bond donors (Lipinski definition) is 1. The van der Waals surface area contributed by atoms with Crippen LogP contribution in [-0.4, -0.2) is 22.1 Å². The van der Waals surface area contributed by atoms with Crippen LogP contribution >= 0.6 is 11.6 Å². The fourth-order valence-electron chi connectivity index (χ4n) is 2.34. The van der Waals surface area contributed by atoms with E-state index in [1.807, 2.05) is 56.3 Å². The van der Waals surface area contributed by atoms with Crippen LogP contribution in [0.25, 0.3) is 5.69 Å². The summed E-state index contributed by atoms with van der Waals surface area (Å²) in [7, 11) is 0. The van der Waals surface area contributed by atoms with E-state index >= 15 is 0 Å². The number of benzene rings is 2. The molecule has 0 amide bonds. The largest absolute Gasteiger partial charge is 0.491 e. The van der Waals surface area contributed by atoms with Crippen molar-refractivity contribution in [1.29, 1.82) is 0 Å². The Labute approximate surface area is 162 Å². The molecule has 0 atom stereocenters. The number of anilines is 1. The fraction of sp³-hybridized carbons (Fsp3) is 0.150. The molecule has 0 aliphatic heterocycles. The third kappa shape index (κ3) is 4.74. The van der Waals surface area contributed by atoms with E-state index in [9.17, 15) is 4.79 Å². The number of aromatic nitrogens is 2. The topological polar surface area (TPSA) is 68.5 Å². The molecular weight excluding hydrogens is 364 g/mol. The summed E-state index contributed by atoms with van der Waals surface area (Å²) in [5.74, 6) is 0.798. The van der Waals surface area contributed by atoms with Crippen LogP contribution in [0.3, 0.4) is 0 Å². The van der Waals surface area contributed by atoms with Crippen molar-refractivity contribution in [2.24, 2.45) is 5.10 Å². The van der Waals surface area contributed by atoms with Gasteiger partial charge in [-0.1, -0.05) is 29.8 Å². The van der Waals surface area contributed by atoms with Crippen LogP contribution in [0, 0.1) is 0 Å². The molecule has 6 nitrogen and oxygen atoms in total. The maximum Gasteiger partial charge on any atom is 0.292 e. The van der Waals surface area contributed by atoms with Crippen LogP contribution in [0.15, 0.2) is 70.7 Å². The maximum atomic E-state index is 12.4. The van der Waals surface area contributed by atoms with Gasteiger partial charge in [0.2, 0.25) is 0 Å². The van der Waals surface area contributed by atoms with E-state index in [4.69, 9.17) is 16.3 Å². The first-order valence-electron chi connectivity index (χ1n) is 8.43. The normalized spacial score (nSPS) is 11.1. The minimum atomic E-state index is -0.418. The predicted octanol–water partition coefficient (Wildman–Crippen LogP) is 4.12. The SMILES string of the molecule is CC(C)Oc1ccc(/C=N\Nc2cnn(-c3ccccc3)c(=O)c2Cl)cc1. The molecule has 1 N–H and O–H groups in total. The first-order valence-corrected chi connectivity index (χ1v) is 8.81. The summed E-state index contributed by atoms with van der Waals surface area (Å²) < 4.78 is 6.84. The second kappa shape index (κ2) is 8.51. The second-order valence-corrected chi connectivity index (χ2v) is 6.41. The molecule has 0 saturated heterocycles. The Hall–Kier alpha value is -3.12. The summed E-state index contributed by atoms with van der Waals surface area (Å²) in [5.41, 5.74) is 4.19. The highest BCUT2D eigenvalue weighted by Crippen LogP contribution is 2.17. The molecule has 0 saturated carbocycles. The third-order valence-corrected chi connectivity index (χ3v) is 3.94. The maximum absolute atomic E-state index is 12.4. The van der Waals surface area contributed by atoms with Crippen LogP contribution in [0.4, 0.5) is 5.69 Å².